The van der Waals surface area contributed by atoms with Gasteiger partial charge < -0.3 is 22.1 Å². The molecule has 0 fully saturated rings. The number of hydrogen-bond acceptors (Lipinski definition) is 16. The monoisotopic (exact) mass is 2070 g/mol. The van der Waals surface area contributed by atoms with Crippen molar-refractivity contribution in [3.05, 3.63) is 467 Å². The summed E-state index contributed by atoms with van der Waals surface area (Å²) in [4.78, 5) is 52.9. The van der Waals surface area contributed by atoms with Gasteiger partial charge in [0.15, 0.2) is 28.8 Å². The van der Waals surface area contributed by atoms with Gasteiger partial charge >= 0.3 is 0 Å². The fraction of sp³-hybridized carbons (Fsp3) is 0.0840. The molecule has 0 amide bonds. The molecule has 0 radical (unpaired) electrons. The number of furan rings is 5. The lowest BCUT2D eigenvalue weighted by molar-refractivity contribution is 0.578. The van der Waals surface area contributed by atoms with Crippen molar-refractivity contribution in [3.63, 3.8) is 0 Å². The topological polar surface area (TPSA) is 229 Å². The summed E-state index contributed by atoms with van der Waals surface area (Å²) in [6.45, 7) is 10.2. The maximum Gasteiger partial charge on any atom is 0.154 e. The van der Waals surface area contributed by atoms with Crippen LogP contribution in [-0.2, 0) is 0 Å². The third-order valence-electron chi connectivity index (χ3n) is 25.2. The van der Waals surface area contributed by atoms with Crippen LogP contribution in [0.1, 0.15) is 177 Å². The number of nitrogens with zero attached hydrogens (tertiary/aromatic N) is 16. The van der Waals surface area contributed by atoms with Crippen LogP contribution in [0.3, 0.4) is 0 Å². The highest BCUT2D eigenvalue weighted by molar-refractivity contribution is 14.1. The van der Waals surface area contributed by atoms with Crippen LogP contribution in [0.25, 0.3) is 85.7 Å². The summed E-state index contributed by atoms with van der Waals surface area (Å²) in [6, 6.07) is 84.0. The zero-order chi connectivity index (χ0) is 98.9. The Morgan fingerprint density at radius 1 is 0.299 bits per heavy atom. The van der Waals surface area contributed by atoms with Crippen molar-refractivity contribution >= 4 is 78.7 Å². The van der Waals surface area contributed by atoms with Crippen LogP contribution in [-0.4, -0.2) is 81.3 Å². The molecule has 144 heavy (non-hydrogen) atoms. The van der Waals surface area contributed by atoms with Crippen molar-refractivity contribution in [2.45, 2.75) is 64.8 Å². The smallest absolute Gasteiger partial charge is 0.154 e. The van der Waals surface area contributed by atoms with Crippen molar-refractivity contribution in [1.82, 2.24) is 52.7 Å². The highest BCUT2D eigenvalue weighted by atomic mass is 127. The Balaban J connectivity index is 0.000000106. The molecule has 694 valence electrons. The summed E-state index contributed by atoms with van der Waals surface area (Å²) in [5.41, 5.74) is 30.2. The van der Waals surface area contributed by atoms with Crippen LogP contribution < -0.4 is 0 Å². The maximum atomic E-state index is 14.7. The molecule has 0 aliphatic carbocycles. The van der Waals surface area contributed by atoms with Gasteiger partial charge in [-0.15, -0.1) is 32.1 Å². The molecular formula is C119H80BrClFIN16O5. The molecular weight excluding hydrogens is 1990 g/mol. The molecule has 16 heterocycles. The third-order valence-corrected chi connectivity index (χ3v) is 27.2. The molecule has 20 aromatic rings. The average Bonchev–Trinajstić information content (AvgIpc) is 1.63. The minimum absolute atomic E-state index is 0.120. The van der Waals surface area contributed by atoms with Gasteiger partial charge in [-0.25, -0.2) is 29.3 Å². The molecule has 5 aliphatic rings. The van der Waals surface area contributed by atoms with Gasteiger partial charge in [0.2, 0.25) is 0 Å². The first-order chi connectivity index (χ1) is 70.4. The van der Waals surface area contributed by atoms with Gasteiger partial charge in [0, 0.05) is 97.2 Å². The first-order valence-electron chi connectivity index (χ1n) is 45.9. The molecule has 9 aromatic carbocycles. The lowest BCUT2D eigenvalue weighted by Gasteiger charge is -2.13. The molecule has 0 N–H and O–H groups in total. The number of terminal acetylenes is 5. The van der Waals surface area contributed by atoms with Crippen LogP contribution in [0.15, 0.2) is 388 Å². The van der Waals surface area contributed by atoms with Gasteiger partial charge in [0.25, 0.3) is 0 Å². The number of halogens is 4. The van der Waals surface area contributed by atoms with E-state index in [4.69, 9.17) is 90.8 Å². The lowest BCUT2D eigenvalue weighted by atomic mass is 9.98. The van der Waals surface area contributed by atoms with Crippen molar-refractivity contribution < 1.29 is 26.5 Å². The highest BCUT2D eigenvalue weighted by Crippen LogP contribution is 2.45. The first kappa shape index (κ1) is 92.5. The summed E-state index contributed by atoms with van der Waals surface area (Å²) in [6.07, 6.45) is 47.4. The van der Waals surface area contributed by atoms with E-state index in [1.807, 2.05) is 268 Å². The highest BCUT2D eigenvalue weighted by Gasteiger charge is 2.36. The van der Waals surface area contributed by atoms with E-state index in [2.05, 4.69) is 155 Å². The SMILES string of the molecule is C#Cc1ccc2c(c1)C(c1ccccc1Br)=N[C@@H](C)c1c(-c3ccco3)ncn1-2.C#Cc1ccc2c(c1)C(c1ccccc1Cl)=N[C@@H](C)c1c(-c3ccco3)ncn1-2.C#Cc1ccc2c(c1)C(c1ccccc1F)=N[C@@H](C)c1c(-c3ccco3)ncn1-2.C#Cc1ccc2c(c1)C(c1ccccc1I)=N[C@@H](C)c1c(-c3ccco3)ncn1-2.C#Cc1ccc2c(c1)C(c1ccccn1)=N[C@@H](C)c1c(-c3ccco3)ncn1-2. The van der Waals surface area contributed by atoms with Crippen molar-refractivity contribution in [2.24, 2.45) is 25.0 Å². The summed E-state index contributed by atoms with van der Waals surface area (Å²) in [5.74, 6) is 16.8. The number of fused-ring (bicyclic) bond motifs is 15. The van der Waals surface area contributed by atoms with Gasteiger partial charge in [-0.2, -0.15) is 0 Å². The molecule has 0 unspecified atom stereocenters. The first-order valence-corrected chi connectivity index (χ1v) is 48.1. The van der Waals surface area contributed by atoms with E-state index in [-0.39, 0.29) is 36.0 Å². The molecule has 0 bridgehead atoms. The van der Waals surface area contributed by atoms with E-state index >= 15 is 0 Å². The minimum atomic E-state index is -0.327. The Hall–Kier alpha value is -17.8. The fourth-order valence-corrected chi connectivity index (χ4v) is 20.0. The Labute approximate surface area is 855 Å². The molecule has 25 heteroatoms. The van der Waals surface area contributed by atoms with E-state index in [1.165, 1.54) is 6.07 Å². The van der Waals surface area contributed by atoms with Crippen molar-refractivity contribution in [2.75, 3.05) is 0 Å². The number of aromatic nitrogens is 11. The van der Waals surface area contributed by atoms with Gasteiger partial charge in [0.05, 0.1) is 153 Å². The molecule has 0 spiro atoms. The Morgan fingerprint density at radius 2 is 0.576 bits per heavy atom. The van der Waals surface area contributed by atoms with Crippen LogP contribution in [0.2, 0.25) is 5.02 Å². The molecule has 5 atom stereocenters. The Bertz CT molecular complexity index is 7940. The molecule has 0 saturated heterocycles. The third kappa shape index (κ3) is 17.4. The largest absolute Gasteiger partial charge is 0.463 e. The number of hydrogen-bond donors (Lipinski definition) is 0. The molecule has 21 nitrogen and oxygen atoms in total. The lowest BCUT2D eigenvalue weighted by Crippen LogP contribution is -2.09. The second-order valence-corrected chi connectivity index (χ2v) is 36.3. The average molecular weight is 2080 g/mol. The summed E-state index contributed by atoms with van der Waals surface area (Å²) in [5, 5.41) is 0.645. The van der Waals surface area contributed by atoms with E-state index in [1.54, 1.807) is 62.0 Å². The molecule has 25 rings (SSSR count). The number of benzene rings is 9. The Morgan fingerprint density at radius 3 is 0.882 bits per heavy atom. The fourth-order valence-electron chi connectivity index (χ4n) is 18.7. The van der Waals surface area contributed by atoms with Gasteiger partial charge in [-0.3, -0.25) is 52.8 Å². The zero-order valence-corrected chi connectivity index (χ0v) is 82.2. The summed E-state index contributed by atoms with van der Waals surface area (Å²) in [7, 11) is 0. The summed E-state index contributed by atoms with van der Waals surface area (Å²) < 4.78 is 55.2. The van der Waals surface area contributed by atoms with E-state index in [9.17, 15) is 4.39 Å². The predicted molar refractivity (Wildman–Crippen MR) is 572 cm³/mol. The van der Waals surface area contributed by atoms with E-state index in [0.717, 1.165) is 200 Å². The van der Waals surface area contributed by atoms with Crippen molar-refractivity contribution in [1.29, 1.82) is 0 Å². The van der Waals surface area contributed by atoms with Crippen molar-refractivity contribution in [3.8, 4) is 147 Å². The normalized spacial score (nSPS) is 15.1. The minimum Gasteiger partial charge on any atom is -0.463 e. The van der Waals surface area contributed by atoms with Crippen LogP contribution in [0.4, 0.5) is 4.39 Å². The van der Waals surface area contributed by atoms with E-state index in [0.29, 0.717) is 39.1 Å². The van der Waals surface area contributed by atoms with Crippen LogP contribution in [0.5, 0.6) is 0 Å². The number of aliphatic imine (C=N–C) groups is 5. The standard InChI is InChI=1S/C24H16BrN3O.C24H16ClN3O.C24H16FN3O.C24H16IN3O.C23H16N4O/c4*1-3-16-10-11-20-18(13-16)22(17-7-4-5-8-19(17)25)27-15(2)24-23(26-14-28(20)24)21-9-6-12-29-21;1-3-16-9-10-19-17(13-16)21(18-7-4-5-11-24-18)26-15(2)23-22(25-14-27(19)23)20-8-6-12-28-20/h4*1,4-15H,2H3;1,4-15H,2H3/t5*15-/m00000/s1. The molecule has 0 saturated carbocycles. The van der Waals surface area contributed by atoms with Gasteiger partial charge in [-0.1, -0.05) is 130 Å². The second-order valence-electron chi connectivity index (χ2n) is 33.9. The molecule has 11 aromatic heterocycles. The van der Waals surface area contributed by atoms with Crippen LogP contribution >= 0.6 is 50.1 Å². The van der Waals surface area contributed by atoms with E-state index < -0.39 is 0 Å². The maximum absolute atomic E-state index is 14.7. The zero-order valence-electron chi connectivity index (χ0n) is 77.7. The number of rotatable bonds is 10. The van der Waals surface area contributed by atoms with Gasteiger partial charge in [-0.05, 0) is 251 Å². The van der Waals surface area contributed by atoms with Gasteiger partial charge in [0.1, 0.15) is 65.9 Å². The molecule has 5 aliphatic heterocycles. The quantitative estimate of drug-likeness (QED) is 0.0923. The van der Waals surface area contributed by atoms with Crippen LogP contribution in [0, 0.1) is 71.1 Å². The number of pyridine rings is 1. The number of imidazole rings is 5. The second kappa shape index (κ2) is 39.8. The summed E-state index contributed by atoms with van der Waals surface area (Å²) >= 11 is 12.6. The predicted octanol–water partition coefficient (Wildman–Crippen LogP) is 26.7. The Kier molecular flexibility index (Phi) is 25.6.